The number of rotatable bonds is 2. The summed E-state index contributed by atoms with van der Waals surface area (Å²) in [6, 6.07) is 2.83. The van der Waals surface area contributed by atoms with E-state index < -0.39 is 29.2 Å². The van der Waals surface area contributed by atoms with Crippen molar-refractivity contribution in [2.45, 2.75) is 6.18 Å². The van der Waals surface area contributed by atoms with Gasteiger partial charge in [0.2, 0.25) is 5.69 Å². The molecule has 0 saturated carbocycles. The van der Waals surface area contributed by atoms with E-state index in [9.17, 15) is 23.1 Å². The summed E-state index contributed by atoms with van der Waals surface area (Å²) in [5.41, 5.74) is -1.60. The summed E-state index contributed by atoms with van der Waals surface area (Å²) < 4.78 is 39.0. The van der Waals surface area contributed by atoms with E-state index in [1.165, 1.54) is 0 Å². The van der Waals surface area contributed by atoms with Gasteiger partial charge in [0.25, 0.3) is 0 Å². The topological polar surface area (TPSA) is 75.3 Å². The fourth-order valence-electron chi connectivity index (χ4n) is 1.51. The molecule has 5 nitrogen and oxygen atoms in total. The van der Waals surface area contributed by atoms with Crippen molar-refractivity contribution in [3.8, 4) is 11.4 Å². The Labute approximate surface area is 118 Å². The van der Waals surface area contributed by atoms with Crippen molar-refractivity contribution >= 4 is 21.9 Å². The summed E-state index contributed by atoms with van der Waals surface area (Å²) in [5.74, 6) is -2.12. The first-order valence-corrected chi connectivity index (χ1v) is 5.88. The van der Waals surface area contributed by atoms with E-state index in [1.54, 1.807) is 0 Å². The van der Waals surface area contributed by atoms with E-state index >= 15 is 0 Å². The van der Waals surface area contributed by atoms with Crippen molar-refractivity contribution in [2.75, 3.05) is 0 Å². The Morgan fingerprint density at radius 3 is 2.50 bits per heavy atom. The molecule has 0 radical (unpaired) electrons. The number of carboxylic acids is 1. The summed E-state index contributed by atoms with van der Waals surface area (Å²) >= 11 is 3.05. The van der Waals surface area contributed by atoms with E-state index in [1.807, 2.05) is 0 Å². The lowest BCUT2D eigenvalue weighted by atomic mass is 10.2. The molecule has 106 valence electrons. The number of aromatic nitrogens is 2. The lowest BCUT2D eigenvalue weighted by molar-refractivity contribution is -0.137. The van der Waals surface area contributed by atoms with Crippen LogP contribution in [0.25, 0.3) is 5.69 Å². The molecule has 0 atom stereocenters. The molecular weight excluding hydrogens is 345 g/mol. The molecule has 0 unspecified atom stereocenters. The maximum atomic E-state index is 12.6. The number of benzene rings is 1. The Kier molecular flexibility index (Phi) is 3.46. The van der Waals surface area contributed by atoms with Gasteiger partial charge in [-0.2, -0.15) is 18.3 Å². The minimum absolute atomic E-state index is 0.0392. The average Bonchev–Trinajstić information content (AvgIpc) is 2.70. The van der Waals surface area contributed by atoms with Crippen LogP contribution in [0.1, 0.15) is 16.1 Å². The molecule has 1 aromatic heterocycles. The number of carbonyl (C=O) groups is 1. The van der Waals surface area contributed by atoms with Crippen molar-refractivity contribution in [1.82, 2.24) is 9.78 Å². The van der Waals surface area contributed by atoms with E-state index in [-0.39, 0.29) is 10.2 Å². The van der Waals surface area contributed by atoms with Gasteiger partial charge in [-0.05, 0) is 34.1 Å². The summed E-state index contributed by atoms with van der Waals surface area (Å²) in [4.78, 5) is 10.7. The first-order chi connectivity index (χ1) is 9.20. The van der Waals surface area contributed by atoms with Crippen LogP contribution < -0.4 is 0 Å². The number of nitrogens with zero attached hydrogens (tertiary/aromatic N) is 2. The minimum Gasteiger partial charge on any atom is -0.504 e. The highest BCUT2D eigenvalue weighted by Crippen LogP contribution is 2.33. The van der Waals surface area contributed by atoms with E-state index in [4.69, 9.17) is 5.11 Å². The van der Waals surface area contributed by atoms with Crippen LogP contribution in [0.4, 0.5) is 13.2 Å². The Bertz CT molecular complexity index is 682. The standard InChI is InChI=1S/C11H6BrF3N2O3/c12-6-2-1-5(11(13,14)15)3-7(6)17-4-8(18)9(16-17)10(19)20/h1-4,18H,(H,19,20). The van der Waals surface area contributed by atoms with Crippen LogP contribution in [-0.4, -0.2) is 26.0 Å². The SMILES string of the molecule is O=C(O)c1nn(-c2cc(C(F)(F)F)ccc2Br)cc1O. The fraction of sp³-hybridized carbons (Fsp3) is 0.0909. The first kappa shape index (κ1) is 14.4. The Morgan fingerprint density at radius 1 is 1.35 bits per heavy atom. The van der Waals surface area contributed by atoms with Crippen LogP contribution in [0.5, 0.6) is 5.75 Å². The molecule has 0 saturated heterocycles. The third kappa shape index (κ3) is 2.62. The summed E-state index contributed by atoms with van der Waals surface area (Å²) in [5, 5.41) is 21.7. The molecule has 1 heterocycles. The number of hydrogen-bond donors (Lipinski definition) is 2. The molecule has 1 aromatic carbocycles. The maximum absolute atomic E-state index is 12.6. The van der Waals surface area contributed by atoms with Gasteiger partial charge < -0.3 is 10.2 Å². The predicted octanol–water partition coefficient (Wildman–Crippen LogP) is 3.06. The Morgan fingerprint density at radius 2 is 2.00 bits per heavy atom. The lowest BCUT2D eigenvalue weighted by Crippen LogP contribution is -2.07. The van der Waals surface area contributed by atoms with Gasteiger partial charge in [0.15, 0.2) is 5.75 Å². The molecule has 0 amide bonds. The number of hydrogen-bond acceptors (Lipinski definition) is 3. The van der Waals surface area contributed by atoms with Crippen molar-refractivity contribution in [3.05, 3.63) is 40.1 Å². The summed E-state index contributed by atoms with van der Waals surface area (Å²) in [7, 11) is 0. The smallest absolute Gasteiger partial charge is 0.416 e. The quantitative estimate of drug-likeness (QED) is 0.872. The van der Waals surface area contributed by atoms with E-state index in [0.29, 0.717) is 0 Å². The van der Waals surface area contributed by atoms with Crippen LogP contribution in [0.2, 0.25) is 0 Å². The molecule has 0 aliphatic rings. The van der Waals surface area contributed by atoms with Gasteiger partial charge in [0.1, 0.15) is 0 Å². The number of carboxylic acid groups (broad SMARTS) is 1. The van der Waals surface area contributed by atoms with Gasteiger partial charge in [-0.25, -0.2) is 9.48 Å². The monoisotopic (exact) mass is 350 g/mol. The second-order valence-electron chi connectivity index (χ2n) is 3.78. The number of aromatic hydroxyl groups is 1. The highest BCUT2D eigenvalue weighted by molar-refractivity contribution is 9.10. The van der Waals surface area contributed by atoms with Crippen LogP contribution >= 0.6 is 15.9 Å². The molecule has 0 bridgehead atoms. The zero-order chi connectivity index (χ0) is 15.1. The fourth-order valence-corrected chi connectivity index (χ4v) is 1.93. The van der Waals surface area contributed by atoms with Crippen LogP contribution in [0.15, 0.2) is 28.9 Å². The predicted molar refractivity (Wildman–Crippen MR) is 64.9 cm³/mol. The molecule has 0 aliphatic heterocycles. The van der Waals surface area contributed by atoms with Crippen molar-refractivity contribution in [3.63, 3.8) is 0 Å². The number of halogens is 4. The largest absolute Gasteiger partial charge is 0.504 e. The second kappa shape index (κ2) is 4.82. The van der Waals surface area contributed by atoms with Gasteiger partial charge in [-0.1, -0.05) is 0 Å². The van der Waals surface area contributed by atoms with Gasteiger partial charge in [-0.3, -0.25) is 0 Å². The zero-order valence-corrected chi connectivity index (χ0v) is 11.1. The van der Waals surface area contributed by atoms with E-state index in [0.717, 1.165) is 29.1 Å². The van der Waals surface area contributed by atoms with Crippen molar-refractivity contribution in [2.24, 2.45) is 0 Å². The second-order valence-corrected chi connectivity index (χ2v) is 4.63. The third-order valence-corrected chi connectivity index (χ3v) is 3.09. The molecule has 0 spiro atoms. The van der Waals surface area contributed by atoms with Crippen LogP contribution in [-0.2, 0) is 6.18 Å². The molecule has 0 fully saturated rings. The van der Waals surface area contributed by atoms with Crippen LogP contribution in [0.3, 0.4) is 0 Å². The summed E-state index contributed by atoms with van der Waals surface area (Å²) in [6.45, 7) is 0. The highest BCUT2D eigenvalue weighted by Gasteiger charge is 2.31. The molecule has 9 heteroatoms. The lowest BCUT2D eigenvalue weighted by Gasteiger charge is -2.10. The molecule has 2 N–H and O–H groups in total. The normalized spacial score (nSPS) is 11.6. The van der Waals surface area contributed by atoms with Gasteiger partial charge in [0, 0.05) is 4.47 Å². The first-order valence-electron chi connectivity index (χ1n) is 5.09. The molecule has 2 aromatic rings. The average molecular weight is 351 g/mol. The zero-order valence-electron chi connectivity index (χ0n) is 9.52. The molecule has 20 heavy (non-hydrogen) atoms. The Balaban J connectivity index is 2.57. The van der Waals surface area contributed by atoms with Gasteiger partial charge >= 0.3 is 12.1 Å². The summed E-state index contributed by atoms with van der Waals surface area (Å²) in [6.07, 6.45) is -3.62. The third-order valence-electron chi connectivity index (χ3n) is 2.42. The van der Waals surface area contributed by atoms with Gasteiger partial charge in [0.05, 0.1) is 17.4 Å². The van der Waals surface area contributed by atoms with Crippen LogP contribution in [0, 0.1) is 0 Å². The number of alkyl halides is 3. The minimum atomic E-state index is -4.54. The van der Waals surface area contributed by atoms with Crippen molar-refractivity contribution < 1.29 is 28.2 Å². The number of aromatic carboxylic acids is 1. The van der Waals surface area contributed by atoms with Gasteiger partial charge in [-0.15, -0.1) is 0 Å². The van der Waals surface area contributed by atoms with E-state index in [2.05, 4.69) is 21.0 Å². The molecule has 2 rings (SSSR count). The van der Waals surface area contributed by atoms with Crippen molar-refractivity contribution in [1.29, 1.82) is 0 Å². The molecule has 0 aliphatic carbocycles. The maximum Gasteiger partial charge on any atom is 0.416 e. The molecular formula is C11H6BrF3N2O3. The Hall–Kier alpha value is -2.03. The highest BCUT2D eigenvalue weighted by atomic mass is 79.9.